The Kier molecular flexibility index (Phi) is 5.08. The number of halogens is 2. The molecule has 2 rings (SSSR count). The van der Waals surface area contributed by atoms with Crippen LogP contribution in [0.2, 0.25) is 10.0 Å². The van der Waals surface area contributed by atoms with Gasteiger partial charge in [-0.25, -0.2) is 0 Å². The molecule has 0 spiro atoms. The van der Waals surface area contributed by atoms with Crippen LogP contribution in [0, 0.1) is 0 Å². The van der Waals surface area contributed by atoms with E-state index < -0.39 is 0 Å². The first-order chi connectivity index (χ1) is 9.16. The van der Waals surface area contributed by atoms with E-state index in [1.165, 1.54) is 5.56 Å². The Bertz CT molecular complexity index is 540. The van der Waals surface area contributed by atoms with E-state index in [1.54, 1.807) is 6.07 Å². The van der Waals surface area contributed by atoms with E-state index >= 15 is 0 Å². The molecule has 4 heteroatoms. The van der Waals surface area contributed by atoms with Crippen molar-refractivity contribution in [3.05, 3.63) is 63.6 Å². The zero-order valence-electron chi connectivity index (χ0n) is 10.4. The standard InChI is InChI=1S/C15H15Cl2NO/c16-13-6-4-11(5-7-13)8-9-18-10-12-2-1-3-14(17)15(12)19/h1-7,18-19H,8-10H2. The highest BCUT2D eigenvalue weighted by Gasteiger charge is 2.04. The minimum absolute atomic E-state index is 0.156. The van der Waals surface area contributed by atoms with Crippen LogP contribution >= 0.6 is 23.2 Å². The summed E-state index contributed by atoms with van der Waals surface area (Å²) >= 11 is 11.7. The molecule has 0 aromatic heterocycles. The molecule has 0 saturated carbocycles. The number of phenols is 1. The Hall–Kier alpha value is -1.22. The van der Waals surface area contributed by atoms with E-state index in [9.17, 15) is 5.11 Å². The lowest BCUT2D eigenvalue weighted by Crippen LogP contribution is -2.16. The molecule has 0 bridgehead atoms. The fourth-order valence-electron chi connectivity index (χ4n) is 1.81. The van der Waals surface area contributed by atoms with Crippen molar-refractivity contribution in [2.45, 2.75) is 13.0 Å². The first-order valence-corrected chi connectivity index (χ1v) is 6.84. The molecule has 2 N–H and O–H groups in total. The Balaban J connectivity index is 1.81. The van der Waals surface area contributed by atoms with Gasteiger partial charge < -0.3 is 10.4 Å². The van der Waals surface area contributed by atoms with Gasteiger partial charge in [-0.3, -0.25) is 0 Å². The Morgan fingerprint density at radius 3 is 2.47 bits per heavy atom. The van der Waals surface area contributed by atoms with Crippen LogP contribution in [0.1, 0.15) is 11.1 Å². The number of benzene rings is 2. The first kappa shape index (κ1) is 14.2. The molecule has 0 unspecified atom stereocenters. The van der Waals surface area contributed by atoms with Crippen molar-refractivity contribution in [3.63, 3.8) is 0 Å². The summed E-state index contributed by atoms with van der Waals surface area (Å²) in [5, 5.41) is 14.2. The lowest BCUT2D eigenvalue weighted by atomic mass is 10.1. The topological polar surface area (TPSA) is 32.3 Å². The van der Waals surface area contributed by atoms with Gasteiger partial charge in [-0.2, -0.15) is 0 Å². The van der Waals surface area contributed by atoms with Crippen molar-refractivity contribution < 1.29 is 5.11 Å². The molecule has 100 valence electrons. The normalized spacial score (nSPS) is 10.6. The quantitative estimate of drug-likeness (QED) is 0.816. The van der Waals surface area contributed by atoms with Gasteiger partial charge in [0, 0.05) is 17.1 Å². The van der Waals surface area contributed by atoms with Crippen LogP contribution in [-0.4, -0.2) is 11.7 Å². The lowest BCUT2D eigenvalue weighted by Gasteiger charge is -2.08. The molecule has 0 aliphatic carbocycles. The SMILES string of the molecule is Oc1c(Cl)cccc1CNCCc1ccc(Cl)cc1. The van der Waals surface area contributed by atoms with Gasteiger partial charge in [0.05, 0.1) is 5.02 Å². The Morgan fingerprint density at radius 1 is 1.00 bits per heavy atom. The van der Waals surface area contributed by atoms with E-state index in [4.69, 9.17) is 23.2 Å². The summed E-state index contributed by atoms with van der Waals surface area (Å²) < 4.78 is 0. The highest BCUT2D eigenvalue weighted by Crippen LogP contribution is 2.26. The molecule has 0 aliphatic rings. The number of hydrogen-bond acceptors (Lipinski definition) is 2. The molecule has 2 nitrogen and oxygen atoms in total. The van der Waals surface area contributed by atoms with Gasteiger partial charge in [-0.15, -0.1) is 0 Å². The number of phenolic OH excluding ortho intramolecular Hbond substituents is 1. The molecular weight excluding hydrogens is 281 g/mol. The maximum Gasteiger partial charge on any atom is 0.138 e. The number of rotatable bonds is 5. The zero-order valence-corrected chi connectivity index (χ0v) is 11.9. The van der Waals surface area contributed by atoms with E-state index in [1.807, 2.05) is 36.4 Å². The smallest absolute Gasteiger partial charge is 0.138 e. The van der Waals surface area contributed by atoms with E-state index in [-0.39, 0.29) is 5.75 Å². The van der Waals surface area contributed by atoms with Crippen molar-refractivity contribution in [3.8, 4) is 5.75 Å². The van der Waals surface area contributed by atoms with Gasteiger partial charge in [-0.1, -0.05) is 47.5 Å². The highest BCUT2D eigenvalue weighted by atomic mass is 35.5. The second kappa shape index (κ2) is 6.80. The van der Waals surface area contributed by atoms with Crippen LogP contribution in [0.5, 0.6) is 5.75 Å². The minimum atomic E-state index is 0.156. The number of hydrogen-bond donors (Lipinski definition) is 2. The fourth-order valence-corrected chi connectivity index (χ4v) is 2.13. The Morgan fingerprint density at radius 2 is 1.74 bits per heavy atom. The zero-order chi connectivity index (χ0) is 13.7. The summed E-state index contributed by atoms with van der Waals surface area (Å²) in [5.74, 6) is 0.156. The van der Waals surface area contributed by atoms with Gasteiger partial charge in [0.25, 0.3) is 0 Å². The molecule has 0 saturated heterocycles. The molecule has 0 radical (unpaired) electrons. The highest BCUT2D eigenvalue weighted by molar-refractivity contribution is 6.32. The molecule has 0 heterocycles. The second-order valence-electron chi connectivity index (χ2n) is 4.30. The van der Waals surface area contributed by atoms with Crippen molar-refractivity contribution in [2.75, 3.05) is 6.54 Å². The van der Waals surface area contributed by atoms with Crippen LogP contribution in [0.15, 0.2) is 42.5 Å². The van der Waals surface area contributed by atoms with Crippen molar-refractivity contribution >= 4 is 23.2 Å². The summed E-state index contributed by atoms with van der Waals surface area (Å²) in [6, 6.07) is 13.2. The van der Waals surface area contributed by atoms with Gasteiger partial charge in [-0.05, 0) is 36.7 Å². The summed E-state index contributed by atoms with van der Waals surface area (Å²) in [6.07, 6.45) is 0.915. The van der Waals surface area contributed by atoms with Crippen LogP contribution in [0.3, 0.4) is 0 Å². The third kappa shape index (κ3) is 4.13. The van der Waals surface area contributed by atoms with E-state index in [0.717, 1.165) is 23.6 Å². The average molecular weight is 296 g/mol. The van der Waals surface area contributed by atoms with E-state index in [0.29, 0.717) is 11.6 Å². The maximum atomic E-state index is 9.76. The predicted octanol–water partition coefficient (Wildman–Crippen LogP) is 4.03. The van der Waals surface area contributed by atoms with Crippen molar-refractivity contribution in [1.82, 2.24) is 5.32 Å². The summed E-state index contributed by atoms with van der Waals surface area (Å²) in [4.78, 5) is 0. The predicted molar refractivity (Wildman–Crippen MR) is 80.0 cm³/mol. The summed E-state index contributed by atoms with van der Waals surface area (Å²) in [7, 11) is 0. The third-order valence-corrected chi connectivity index (χ3v) is 3.45. The molecule has 0 amide bonds. The van der Waals surface area contributed by atoms with Gasteiger partial charge in [0.15, 0.2) is 0 Å². The van der Waals surface area contributed by atoms with Crippen LogP contribution in [0.4, 0.5) is 0 Å². The molecule has 0 aliphatic heterocycles. The molecule has 19 heavy (non-hydrogen) atoms. The average Bonchev–Trinajstić information content (AvgIpc) is 2.41. The third-order valence-electron chi connectivity index (χ3n) is 2.89. The first-order valence-electron chi connectivity index (χ1n) is 6.08. The van der Waals surface area contributed by atoms with Gasteiger partial charge in [0.2, 0.25) is 0 Å². The number of nitrogens with one attached hydrogen (secondary N) is 1. The van der Waals surface area contributed by atoms with Crippen LogP contribution < -0.4 is 5.32 Å². The molecule has 2 aromatic carbocycles. The largest absolute Gasteiger partial charge is 0.506 e. The van der Waals surface area contributed by atoms with Crippen LogP contribution in [0.25, 0.3) is 0 Å². The number of aromatic hydroxyl groups is 1. The van der Waals surface area contributed by atoms with E-state index in [2.05, 4.69) is 5.32 Å². The van der Waals surface area contributed by atoms with Gasteiger partial charge >= 0.3 is 0 Å². The molecule has 0 fully saturated rings. The van der Waals surface area contributed by atoms with Crippen LogP contribution in [-0.2, 0) is 13.0 Å². The lowest BCUT2D eigenvalue weighted by molar-refractivity contribution is 0.465. The summed E-state index contributed by atoms with van der Waals surface area (Å²) in [5.41, 5.74) is 2.04. The monoisotopic (exact) mass is 295 g/mol. The minimum Gasteiger partial charge on any atom is -0.506 e. The van der Waals surface area contributed by atoms with Crippen molar-refractivity contribution in [2.24, 2.45) is 0 Å². The number of para-hydroxylation sites is 1. The Labute approximate surface area is 123 Å². The van der Waals surface area contributed by atoms with Crippen molar-refractivity contribution in [1.29, 1.82) is 0 Å². The summed E-state index contributed by atoms with van der Waals surface area (Å²) in [6.45, 7) is 1.42. The fraction of sp³-hybridized carbons (Fsp3) is 0.200. The molecule has 2 aromatic rings. The molecule has 0 atom stereocenters. The van der Waals surface area contributed by atoms with Gasteiger partial charge in [0.1, 0.15) is 5.75 Å². The second-order valence-corrected chi connectivity index (χ2v) is 5.14. The maximum absolute atomic E-state index is 9.76. The molecular formula is C15H15Cl2NO.